The Morgan fingerprint density at radius 1 is 1.24 bits per heavy atom. The van der Waals surface area contributed by atoms with Crippen molar-refractivity contribution >= 4 is 5.97 Å². The summed E-state index contributed by atoms with van der Waals surface area (Å²) in [4.78, 5) is 10.6. The van der Waals surface area contributed by atoms with Crippen molar-refractivity contribution < 1.29 is 9.90 Å². The number of aliphatic carboxylic acids is 1. The van der Waals surface area contributed by atoms with Gasteiger partial charge in [0.25, 0.3) is 0 Å². The van der Waals surface area contributed by atoms with E-state index in [9.17, 15) is 4.79 Å². The first kappa shape index (κ1) is 15.3. The Labute approximate surface area is 124 Å². The lowest BCUT2D eigenvalue weighted by molar-refractivity contribution is -0.136. The minimum absolute atomic E-state index is 0.0727. The summed E-state index contributed by atoms with van der Waals surface area (Å²) in [6.45, 7) is 3.65. The van der Waals surface area contributed by atoms with Crippen LogP contribution in [0.3, 0.4) is 0 Å². The van der Waals surface area contributed by atoms with Crippen LogP contribution in [0.5, 0.6) is 0 Å². The number of benzene rings is 1. The highest BCUT2D eigenvalue weighted by Gasteiger charge is 2.05. The van der Waals surface area contributed by atoms with Crippen LogP contribution in [0.1, 0.15) is 29.3 Å². The third-order valence-corrected chi connectivity index (χ3v) is 3.35. The zero-order chi connectivity index (χ0) is 15.2. The number of carboxylic acid groups (broad SMARTS) is 1. The van der Waals surface area contributed by atoms with Gasteiger partial charge in [0, 0.05) is 31.9 Å². The zero-order valence-electron chi connectivity index (χ0n) is 12.5. The van der Waals surface area contributed by atoms with E-state index in [1.54, 1.807) is 0 Å². The molecule has 0 fully saturated rings. The summed E-state index contributed by atoms with van der Waals surface area (Å²) < 4.78 is 1.84. The second-order valence-electron chi connectivity index (χ2n) is 5.12. The molecule has 0 atom stereocenters. The maximum Gasteiger partial charge on any atom is 0.307 e. The van der Waals surface area contributed by atoms with Crippen molar-refractivity contribution in [3.63, 3.8) is 0 Å². The van der Waals surface area contributed by atoms with Crippen molar-refractivity contribution in [1.82, 2.24) is 15.1 Å². The summed E-state index contributed by atoms with van der Waals surface area (Å²) in [6, 6.07) is 7.67. The first-order chi connectivity index (χ1) is 10.1. The molecule has 0 aliphatic carbocycles. The Kier molecular flexibility index (Phi) is 5.11. The first-order valence-corrected chi connectivity index (χ1v) is 7.10. The molecule has 112 valence electrons. The second-order valence-corrected chi connectivity index (χ2v) is 5.12. The van der Waals surface area contributed by atoms with Gasteiger partial charge < -0.3 is 10.4 Å². The number of nitrogens with one attached hydrogen (secondary N) is 1. The van der Waals surface area contributed by atoms with Gasteiger partial charge in [-0.15, -0.1) is 0 Å². The molecule has 0 radical (unpaired) electrons. The fraction of sp³-hybridized carbons (Fsp3) is 0.375. The maximum atomic E-state index is 10.6. The number of carboxylic acids is 1. The average Bonchev–Trinajstić information content (AvgIpc) is 2.80. The molecule has 1 aromatic heterocycles. The highest BCUT2D eigenvalue weighted by atomic mass is 16.4. The number of rotatable bonds is 7. The fourth-order valence-corrected chi connectivity index (χ4v) is 2.32. The van der Waals surface area contributed by atoms with Crippen LogP contribution >= 0.6 is 0 Å². The molecule has 0 unspecified atom stereocenters. The Bertz CT molecular complexity index is 602. The Hall–Kier alpha value is -2.14. The van der Waals surface area contributed by atoms with Gasteiger partial charge in [0.1, 0.15) is 0 Å². The summed E-state index contributed by atoms with van der Waals surface area (Å²) in [5.41, 5.74) is 4.32. The summed E-state index contributed by atoms with van der Waals surface area (Å²) in [5.74, 6) is -0.801. The number of aryl methyl sites for hydroxylation is 2. The van der Waals surface area contributed by atoms with Crippen molar-refractivity contribution in [3.8, 4) is 0 Å². The van der Waals surface area contributed by atoms with Gasteiger partial charge in [0.15, 0.2) is 0 Å². The second kappa shape index (κ2) is 7.04. The van der Waals surface area contributed by atoms with Crippen LogP contribution in [0, 0.1) is 0 Å². The van der Waals surface area contributed by atoms with E-state index in [0.29, 0.717) is 0 Å². The van der Waals surface area contributed by atoms with Gasteiger partial charge in [-0.3, -0.25) is 9.48 Å². The van der Waals surface area contributed by atoms with Crippen LogP contribution in [0.2, 0.25) is 0 Å². The molecule has 0 saturated heterocycles. The van der Waals surface area contributed by atoms with E-state index in [2.05, 4.69) is 17.3 Å². The van der Waals surface area contributed by atoms with Crippen molar-refractivity contribution in [3.05, 3.63) is 52.8 Å². The Morgan fingerprint density at radius 2 is 1.90 bits per heavy atom. The Balaban J connectivity index is 1.87. The fourth-order valence-electron chi connectivity index (χ4n) is 2.32. The van der Waals surface area contributed by atoms with E-state index in [0.717, 1.165) is 36.3 Å². The maximum absolute atomic E-state index is 10.6. The molecule has 2 N–H and O–H groups in total. The summed E-state index contributed by atoms with van der Waals surface area (Å²) in [5, 5.41) is 16.5. The highest BCUT2D eigenvalue weighted by molar-refractivity contribution is 5.70. The van der Waals surface area contributed by atoms with Gasteiger partial charge in [-0.05, 0) is 17.5 Å². The zero-order valence-corrected chi connectivity index (χ0v) is 12.5. The minimum Gasteiger partial charge on any atom is -0.481 e. The number of nitrogens with zero attached hydrogens (tertiary/aromatic N) is 2. The molecule has 21 heavy (non-hydrogen) atoms. The lowest BCUT2D eigenvalue weighted by Crippen LogP contribution is -2.13. The summed E-state index contributed by atoms with van der Waals surface area (Å²) in [6.07, 6.45) is 3.05. The topological polar surface area (TPSA) is 67.2 Å². The molecule has 0 amide bonds. The monoisotopic (exact) mass is 287 g/mol. The van der Waals surface area contributed by atoms with Crippen LogP contribution < -0.4 is 5.32 Å². The van der Waals surface area contributed by atoms with Crippen LogP contribution in [0.4, 0.5) is 0 Å². The van der Waals surface area contributed by atoms with E-state index < -0.39 is 5.97 Å². The van der Waals surface area contributed by atoms with Crippen LogP contribution in [0.15, 0.2) is 30.5 Å². The average molecular weight is 287 g/mol. The molecular formula is C16H21N3O2. The Morgan fingerprint density at radius 3 is 2.52 bits per heavy atom. The lowest BCUT2D eigenvalue weighted by Gasteiger charge is -2.05. The van der Waals surface area contributed by atoms with Crippen molar-refractivity contribution in [1.29, 1.82) is 0 Å². The molecule has 0 aliphatic heterocycles. The molecule has 5 nitrogen and oxygen atoms in total. The van der Waals surface area contributed by atoms with Crippen LogP contribution in [0.25, 0.3) is 0 Å². The molecule has 1 heterocycles. The first-order valence-electron chi connectivity index (χ1n) is 7.10. The lowest BCUT2D eigenvalue weighted by atomic mass is 10.1. The highest BCUT2D eigenvalue weighted by Crippen LogP contribution is 2.08. The number of hydrogen-bond acceptors (Lipinski definition) is 3. The van der Waals surface area contributed by atoms with Crippen molar-refractivity contribution in [2.75, 3.05) is 0 Å². The third kappa shape index (κ3) is 4.43. The van der Waals surface area contributed by atoms with Crippen molar-refractivity contribution in [2.45, 2.75) is 32.9 Å². The molecule has 0 bridgehead atoms. The molecule has 1 aromatic carbocycles. The number of hydrogen-bond donors (Lipinski definition) is 2. The number of carbonyl (C=O) groups is 1. The smallest absolute Gasteiger partial charge is 0.307 e. The predicted octanol–water partition coefficient (Wildman–Crippen LogP) is 1.90. The largest absolute Gasteiger partial charge is 0.481 e. The van der Waals surface area contributed by atoms with Crippen LogP contribution in [-0.4, -0.2) is 20.9 Å². The van der Waals surface area contributed by atoms with E-state index >= 15 is 0 Å². The van der Waals surface area contributed by atoms with E-state index in [1.807, 2.05) is 42.2 Å². The molecule has 0 saturated carbocycles. The van der Waals surface area contributed by atoms with Crippen LogP contribution in [-0.2, 0) is 37.8 Å². The normalized spacial score (nSPS) is 10.8. The standard InChI is InChI=1S/C16H21N3O2/c1-3-15-14(11-19(2)18-15)10-17-9-13-6-4-12(5-7-13)8-16(20)21/h4-7,11,17H,3,8-10H2,1-2H3,(H,20,21). The molecule has 2 rings (SSSR count). The molecule has 0 aliphatic rings. The summed E-state index contributed by atoms with van der Waals surface area (Å²) in [7, 11) is 1.93. The van der Waals surface area contributed by atoms with Gasteiger partial charge in [-0.2, -0.15) is 5.10 Å². The predicted molar refractivity (Wildman–Crippen MR) is 80.9 cm³/mol. The van der Waals surface area contributed by atoms with Gasteiger partial charge in [-0.25, -0.2) is 0 Å². The van der Waals surface area contributed by atoms with E-state index in [-0.39, 0.29) is 6.42 Å². The SMILES string of the molecule is CCc1nn(C)cc1CNCc1ccc(CC(=O)O)cc1. The minimum atomic E-state index is -0.801. The molecule has 2 aromatic rings. The van der Waals surface area contributed by atoms with Gasteiger partial charge in [-0.1, -0.05) is 31.2 Å². The van der Waals surface area contributed by atoms with Crippen molar-refractivity contribution in [2.24, 2.45) is 7.05 Å². The molecular weight excluding hydrogens is 266 g/mol. The third-order valence-electron chi connectivity index (χ3n) is 3.35. The quantitative estimate of drug-likeness (QED) is 0.816. The molecule has 5 heteroatoms. The summed E-state index contributed by atoms with van der Waals surface area (Å²) >= 11 is 0. The van der Waals surface area contributed by atoms with E-state index in [1.165, 1.54) is 5.56 Å². The van der Waals surface area contributed by atoms with Gasteiger partial charge >= 0.3 is 5.97 Å². The number of aromatic nitrogens is 2. The van der Waals surface area contributed by atoms with Gasteiger partial charge in [0.2, 0.25) is 0 Å². The van der Waals surface area contributed by atoms with E-state index in [4.69, 9.17) is 5.11 Å². The van der Waals surface area contributed by atoms with Gasteiger partial charge in [0.05, 0.1) is 12.1 Å². The molecule has 0 spiro atoms.